The Balaban J connectivity index is 1.89. The molecule has 0 aliphatic carbocycles. The van der Waals surface area contributed by atoms with Gasteiger partial charge in [0.1, 0.15) is 0 Å². The van der Waals surface area contributed by atoms with Gasteiger partial charge in [-0.2, -0.15) is 0 Å². The third-order valence-electron chi connectivity index (χ3n) is 4.08. The predicted molar refractivity (Wildman–Crippen MR) is 85.1 cm³/mol. The van der Waals surface area contributed by atoms with Crippen molar-refractivity contribution in [2.24, 2.45) is 5.92 Å². The fraction of sp³-hybridized carbons (Fsp3) is 0.562. The van der Waals surface area contributed by atoms with Gasteiger partial charge < -0.3 is 16.2 Å². The number of rotatable bonds is 5. The van der Waals surface area contributed by atoms with E-state index in [9.17, 15) is 4.79 Å². The van der Waals surface area contributed by atoms with E-state index in [2.05, 4.69) is 10.2 Å². The first-order chi connectivity index (χ1) is 10.1. The minimum Gasteiger partial charge on any atom is -0.397 e. The zero-order valence-electron chi connectivity index (χ0n) is 12.6. The highest BCUT2D eigenvalue weighted by molar-refractivity contribution is 5.96. The topological polar surface area (TPSA) is 78.6 Å². The fourth-order valence-electron chi connectivity index (χ4n) is 2.96. The number of nitrogens with two attached hydrogens (primary N) is 1. The Morgan fingerprint density at radius 2 is 2.33 bits per heavy atom. The van der Waals surface area contributed by atoms with Gasteiger partial charge in [0, 0.05) is 13.2 Å². The van der Waals surface area contributed by atoms with Gasteiger partial charge in [0.15, 0.2) is 0 Å². The average molecular weight is 291 g/mol. The number of nitrogen functional groups attached to an aromatic ring is 1. The van der Waals surface area contributed by atoms with Crippen molar-refractivity contribution in [2.75, 3.05) is 37.3 Å². The maximum absolute atomic E-state index is 12.2. The third-order valence-corrected chi connectivity index (χ3v) is 4.08. The Morgan fingerprint density at radius 1 is 1.52 bits per heavy atom. The molecular formula is C16H25N3O2. The molecule has 2 rings (SSSR count). The lowest BCUT2D eigenvalue weighted by Gasteiger charge is -2.32. The minimum absolute atomic E-state index is 0.0272. The minimum atomic E-state index is -0.0272. The van der Waals surface area contributed by atoms with Crippen LogP contribution < -0.4 is 11.1 Å². The average Bonchev–Trinajstić information content (AvgIpc) is 2.44. The maximum Gasteiger partial charge on any atom is 0.238 e. The van der Waals surface area contributed by atoms with Gasteiger partial charge in [-0.25, -0.2) is 0 Å². The smallest absolute Gasteiger partial charge is 0.238 e. The number of piperidine rings is 1. The number of aliphatic hydroxyl groups is 1. The van der Waals surface area contributed by atoms with E-state index in [0.717, 1.165) is 37.9 Å². The van der Waals surface area contributed by atoms with E-state index in [1.54, 1.807) is 6.07 Å². The number of likely N-dealkylation sites (tertiary alicyclic amines) is 1. The molecule has 4 N–H and O–H groups in total. The molecule has 116 valence electrons. The molecular weight excluding hydrogens is 266 g/mol. The summed E-state index contributed by atoms with van der Waals surface area (Å²) in [6, 6.07) is 5.61. The van der Waals surface area contributed by atoms with Gasteiger partial charge in [0.05, 0.1) is 17.9 Å². The summed E-state index contributed by atoms with van der Waals surface area (Å²) < 4.78 is 0. The van der Waals surface area contributed by atoms with Crippen LogP contribution in [0.5, 0.6) is 0 Å². The van der Waals surface area contributed by atoms with Crippen molar-refractivity contribution in [3.63, 3.8) is 0 Å². The second-order valence-electron chi connectivity index (χ2n) is 5.84. The largest absolute Gasteiger partial charge is 0.397 e. The van der Waals surface area contributed by atoms with Crippen LogP contribution in [0.25, 0.3) is 0 Å². The quantitative estimate of drug-likeness (QED) is 0.720. The van der Waals surface area contributed by atoms with Crippen molar-refractivity contribution in [2.45, 2.75) is 26.2 Å². The van der Waals surface area contributed by atoms with Gasteiger partial charge in [-0.3, -0.25) is 9.69 Å². The number of nitrogens with zero attached hydrogens (tertiary/aromatic N) is 1. The molecule has 1 aromatic rings. The van der Waals surface area contributed by atoms with Crippen LogP contribution in [-0.2, 0) is 4.79 Å². The van der Waals surface area contributed by atoms with Gasteiger partial charge in [-0.05, 0) is 50.3 Å². The second-order valence-corrected chi connectivity index (χ2v) is 5.84. The number of hydrogen-bond acceptors (Lipinski definition) is 4. The van der Waals surface area contributed by atoms with Gasteiger partial charge in [0.2, 0.25) is 5.91 Å². The van der Waals surface area contributed by atoms with E-state index in [0.29, 0.717) is 23.8 Å². The Labute approximate surface area is 126 Å². The monoisotopic (exact) mass is 291 g/mol. The van der Waals surface area contributed by atoms with Crippen molar-refractivity contribution in [1.29, 1.82) is 0 Å². The first kappa shape index (κ1) is 15.8. The summed E-state index contributed by atoms with van der Waals surface area (Å²) in [5.74, 6) is 0.473. The lowest BCUT2D eigenvalue weighted by Crippen LogP contribution is -2.40. The van der Waals surface area contributed by atoms with Crippen LogP contribution in [0, 0.1) is 12.8 Å². The molecule has 0 saturated carbocycles. The van der Waals surface area contributed by atoms with Gasteiger partial charge in [0.25, 0.3) is 0 Å². The summed E-state index contributed by atoms with van der Waals surface area (Å²) >= 11 is 0. The number of aryl methyl sites for hydroxylation is 1. The Kier molecular flexibility index (Phi) is 5.59. The van der Waals surface area contributed by atoms with E-state index in [1.807, 2.05) is 19.1 Å². The van der Waals surface area contributed by atoms with Crippen LogP contribution in [0.3, 0.4) is 0 Å². The molecule has 1 amide bonds. The van der Waals surface area contributed by atoms with Gasteiger partial charge in [-0.1, -0.05) is 12.1 Å². The molecule has 0 aromatic heterocycles. The molecule has 1 unspecified atom stereocenters. The number of para-hydroxylation sites is 1. The fourth-order valence-corrected chi connectivity index (χ4v) is 2.96. The Bertz CT molecular complexity index is 468. The summed E-state index contributed by atoms with van der Waals surface area (Å²) in [6.07, 6.45) is 3.05. The lowest BCUT2D eigenvalue weighted by molar-refractivity contribution is -0.117. The van der Waals surface area contributed by atoms with Crippen LogP contribution >= 0.6 is 0 Å². The summed E-state index contributed by atoms with van der Waals surface area (Å²) in [6.45, 7) is 4.38. The zero-order valence-corrected chi connectivity index (χ0v) is 12.6. The maximum atomic E-state index is 12.2. The first-order valence-electron chi connectivity index (χ1n) is 7.58. The van der Waals surface area contributed by atoms with Crippen LogP contribution in [0.15, 0.2) is 18.2 Å². The van der Waals surface area contributed by atoms with Crippen molar-refractivity contribution in [1.82, 2.24) is 4.90 Å². The number of nitrogens with one attached hydrogen (secondary N) is 1. The standard InChI is InChI=1S/C16H25N3O2/c1-12-4-2-6-14(17)16(12)18-15(21)11-19-8-3-5-13(10-19)7-9-20/h2,4,6,13,20H,3,5,7-11,17H2,1H3,(H,18,21). The van der Waals surface area contributed by atoms with E-state index in [1.165, 1.54) is 0 Å². The number of carbonyl (C=O) groups excluding carboxylic acids is 1. The molecule has 1 saturated heterocycles. The lowest BCUT2D eigenvalue weighted by atomic mass is 9.95. The van der Waals surface area contributed by atoms with Crippen molar-refractivity contribution in [3.05, 3.63) is 23.8 Å². The highest BCUT2D eigenvalue weighted by Crippen LogP contribution is 2.23. The van der Waals surface area contributed by atoms with Gasteiger partial charge in [-0.15, -0.1) is 0 Å². The van der Waals surface area contributed by atoms with Crippen molar-refractivity contribution >= 4 is 17.3 Å². The molecule has 0 bridgehead atoms. The Morgan fingerprint density at radius 3 is 3.05 bits per heavy atom. The molecule has 0 radical (unpaired) electrons. The molecule has 21 heavy (non-hydrogen) atoms. The van der Waals surface area contributed by atoms with Crippen LogP contribution in [-0.4, -0.2) is 42.2 Å². The molecule has 5 heteroatoms. The van der Waals surface area contributed by atoms with Crippen molar-refractivity contribution < 1.29 is 9.90 Å². The third kappa shape index (κ3) is 4.44. The van der Waals surface area contributed by atoms with E-state index < -0.39 is 0 Å². The van der Waals surface area contributed by atoms with Crippen molar-refractivity contribution in [3.8, 4) is 0 Å². The molecule has 0 spiro atoms. The number of hydrogen-bond donors (Lipinski definition) is 3. The highest BCUT2D eigenvalue weighted by Gasteiger charge is 2.21. The number of aliphatic hydroxyl groups excluding tert-OH is 1. The number of anilines is 2. The Hall–Kier alpha value is -1.59. The van der Waals surface area contributed by atoms with E-state index >= 15 is 0 Å². The molecule has 5 nitrogen and oxygen atoms in total. The molecule has 1 aliphatic heterocycles. The van der Waals surface area contributed by atoms with E-state index in [4.69, 9.17) is 10.8 Å². The molecule has 1 fully saturated rings. The highest BCUT2D eigenvalue weighted by atomic mass is 16.3. The molecule has 1 aliphatic rings. The number of benzene rings is 1. The van der Waals surface area contributed by atoms with E-state index in [-0.39, 0.29) is 12.5 Å². The number of amides is 1. The summed E-state index contributed by atoms with van der Waals surface area (Å²) in [5.41, 5.74) is 8.19. The predicted octanol–water partition coefficient (Wildman–Crippen LogP) is 1.61. The molecule has 1 heterocycles. The summed E-state index contributed by atoms with van der Waals surface area (Å²) in [7, 11) is 0. The first-order valence-corrected chi connectivity index (χ1v) is 7.58. The zero-order chi connectivity index (χ0) is 15.2. The number of carbonyl (C=O) groups is 1. The summed E-state index contributed by atoms with van der Waals surface area (Å²) in [4.78, 5) is 14.4. The van der Waals surface area contributed by atoms with Crippen LogP contribution in [0.2, 0.25) is 0 Å². The normalized spacial score (nSPS) is 19.4. The molecule has 1 atom stereocenters. The van der Waals surface area contributed by atoms with Crippen LogP contribution in [0.4, 0.5) is 11.4 Å². The SMILES string of the molecule is Cc1cccc(N)c1NC(=O)CN1CCCC(CCO)C1. The molecule has 1 aromatic carbocycles. The summed E-state index contributed by atoms with van der Waals surface area (Å²) in [5, 5.41) is 11.9. The van der Waals surface area contributed by atoms with Crippen LogP contribution in [0.1, 0.15) is 24.8 Å². The second kappa shape index (κ2) is 7.43. The van der Waals surface area contributed by atoms with Gasteiger partial charge >= 0.3 is 0 Å².